The van der Waals surface area contributed by atoms with E-state index in [9.17, 15) is 14.9 Å². The Morgan fingerprint density at radius 3 is 2.44 bits per heavy atom. The number of nitrogens with one attached hydrogen (secondary N) is 2. The number of hydrogen-bond acceptors (Lipinski definition) is 6. The van der Waals surface area contributed by atoms with Gasteiger partial charge in [0.2, 0.25) is 0 Å². The molecule has 0 atom stereocenters. The number of non-ortho nitro benzene ring substituents is 1. The molecule has 10 heteroatoms. The van der Waals surface area contributed by atoms with E-state index in [4.69, 9.17) is 4.74 Å². The number of amides is 1. The van der Waals surface area contributed by atoms with Gasteiger partial charge in [-0.1, -0.05) is 15.9 Å². The summed E-state index contributed by atoms with van der Waals surface area (Å²) in [5, 5.41) is 17.7. The highest BCUT2D eigenvalue weighted by molar-refractivity contribution is 9.10. The Kier molecular flexibility index (Phi) is 8.34. The molecule has 0 fully saturated rings. The fourth-order valence-corrected chi connectivity index (χ4v) is 3.33. The van der Waals surface area contributed by atoms with Gasteiger partial charge in [-0.15, -0.1) is 0 Å². The standard InChI is InChI=1S/C22H18Br2N4O4/c23-17-4-6-18(7-5-17)25-13-22(29)27-26-12-16-3-10-21(20(24)11-16)32-14-15-1-8-19(9-2-15)28(30)31/h1-12,25H,13-14H2,(H,27,29)/b26-12-. The van der Waals surface area contributed by atoms with Gasteiger partial charge >= 0.3 is 0 Å². The van der Waals surface area contributed by atoms with Gasteiger partial charge < -0.3 is 10.1 Å². The number of hydrazone groups is 1. The molecule has 2 N–H and O–H groups in total. The minimum atomic E-state index is -0.442. The van der Waals surface area contributed by atoms with Crippen LogP contribution in [0.3, 0.4) is 0 Å². The predicted octanol–water partition coefficient (Wildman–Crippen LogP) is 5.26. The highest BCUT2D eigenvalue weighted by Crippen LogP contribution is 2.26. The van der Waals surface area contributed by atoms with Gasteiger partial charge in [0.15, 0.2) is 0 Å². The Morgan fingerprint density at radius 2 is 1.78 bits per heavy atom. The molecule has 0 aliphatic heterocycles. The zero-order chi connectivity index (χ0) is 22.9. The van der Waals surface area contributed by atoms with E-state index >= 15 is 0 Å². The molecule has 3 aromatic carbocycles. The van der Waals surface area contributed by atoms with E-state index < -0.39 is 4.92 Å². The van der Waals surface area contributed by atoms with Crippen molar-refractivity contribution in [2.75, 3.05) is 11.9 Å². The minimum Gasteiger partial charge on any atom is -0.488 e. The molecule has 0 unspecified atom stereocenters. The molecular weight excluding hydrogens is 544 g/mol. The summed E-state index contributed by atoms with van der Waals surface area (Å²) in [4.78, 5) is 22.2. The average molecular weight is 562 g/mol. The van der Waals surface area contributed by atoms with Crippen molar-refractivity contribution in [3.05, 3.63) is 96.9 Å². The van der Waals surface area contributed by atoms with E-state index in [1.54, 1.807) is 30.3 Å². The normalized spacial score (nSPS) is 10.7. The number of ether oxygens (including phenoxy) is 1. The van der Waals surface area contributed by atoms with Gasteiger partial charge in [-0.2, -0.15) is 5.10 Å². The van der Waals surface area contributed by atoms with Crippen LogP contribution in [0.25, 0.3) is 0 Å². The van der Waals surface area contributed by atoms with Crippen molar-refractivity contribution >= 4 is 55.4 Å². The molecule has 0 bridgehead atoms. The third-order valence-electron chi connectivity index (χ3n) is 4.20. The number of carbonyl (C=O) groups is 1. The lowest BCUT2D eigenvalue weighted by molar-refractivity contribution is -0.384. The largest absolute Gasteiger partial charge is 0.488 e. The minimum absolute atomic E-state index is 0.0368. The summed E-state index contributed by atoms with van der Waals surface area (Å²) < 4.78 is 7.44. The SMILES string of the molecule is O=C(CNc1ccc(Br)cc1)N/N=C\c1ccc(OCc2ccc([N+](=O)[O-])cc2)c(Br)c1. The van der Waals surface area contributed by atoms with Crippen LogP contribution in [0.4, 0.5) is 11.4 Å². The van der Waals surface area contributed by atoms with Crippen molar-refractivity contribution in [1.29, 1.82) is 0 Å². The van der Waals surface area contributed by atoms with Crippen molar-refractivity contribution in [3.63, 3.8) is 0 Å². The molecule has 0 aromatic heterocycles. The van der Waals surface area contributed by atoms with Crippen LogP contribution in [0.15, 0.2) is 80.8 Å². The second-order valence-electron chi connectivity index (χ2n) is 6.56. The topological polar surface area (TPSA) is 106 Å². The van der Waals surface area contributed by atoms with E-state index in [0.717, 1.165) is 21.3 Å². The van der Waals surface area contributed by atoms with Crippen molar-refractivity contribution in [1.82, 2.24) is 5.43 Å². The Labute approximate surface area is 201 Å². The summed E-state index contributed by atoms with van der Waals surface area (Å²) in [6, 6.07) is 19.1. The highest BCUT2D eigenvalue weighted by atomic mass is 79.9. The molecular formula is C22H18Br2N4O4. The smallest absolute Gasteiger partial charge is 0.269 e. The maximum atomic E-state index is 11.9. The number of carbonyl (C=O) groups excluding carboxylic acids is 1. The monoisotopic (exact) mass is 560 g/mol. The fraction of sp³-hybridized carbons (Fsp3) is 0.0909. The molecule has 8 nitrogen and oxygen atoms in total. The van der Waals surface area contributed by atoms with Crippen LogP contribution in [0.1, 0.15) is 11.1 Å². The van der Waals surface area contributed by atoms with Gasteiger partial charge in [0.25, 0.3) is 11.6 Å². The summed E-state index contributed by atoms with van der Waals surface area (Å²) in [6.45, 7) is 0.365. The Hall–Kier alpha value is -3.24. The average Bonchev–Trinajstić information content (AvgIpc) is 2.78. The van der Waals surface area contributed by atoms with Gasteiger partial charge in [0.05, 0.1) is 22.2 Å². The van der Waals surface area contributed by atoms with Crippen LogP contribution in [-0.2, 0) is 11.4 Å². The predicted molar refractivity (Wildman–Crippen MR) is 130 cm³/mol. The van der Waals surface area contributed by atoms with Crippen LogP contribution in [-0.4, -0.2) is 23.6 Å². The summed E-state index contributed by atoms with van der Waals surface area (Å²) in [5.74, 6) is 0.342. The summed E-state index contributed by atoms with van der Waals surface area (Å²) in [5.41, 5.74) is 4.92. The summed E-state index contributed by atoms with van der Waals surface area (Å²) in [6.07, 6.45) is 1.53. The highest BCUT2D eigenvalue weighted by Gasteiger charge is 2.06. The van der Waals surface area contributed by atoms with Gasteiger partial charge in [-0.05, 0) is 81.7 Å². The number of hydrogen-bond donors (Lipinski definition) is 2. The molecule has 0 aliphatic rings. The summed E-state index contributed by atoms with van der Waals surface area (Å²) in [7, 11) is 0. The van der Waals surface area contributed by atoms with E-state index in [1.807, 2.05) is 24.3 Å². The van der Waals surface area contributed by atoms with Gasteiger partial charge in [-0.25, -0.2) is 5.43 Å². The maximum Gasteiger partial charge on any atom is 0.269 e. The lowest BCUT2D eigenvalue weighted by Crippen LogP contribution is -2.25. The number of anilines is 1. The van der Waals surface area contributed by atoms with Crippen LogP contribution in [0, 0.1) is 10.1 Å². The van der Waals surface area contributed by atoms with Crippen LogP contribution >= 0.6 is 31.9 Å². The molecule has 0 spiro atoms. The van der Waals surface area contributed by atoms with Gasteiger partial charge in [0.1, 0.15) is 12.4 Å². The Bertz CT molecular complexity index is 1120. The first-order valence-electron chi connectivity index (χ1n) is 9.38. The fourth-order valence-electron chi connectivity index (χ4n) is 2.56. The molecule has 0 saturated carbocycles. The molecule has 0 saturated heterocycles. The first-order valence-corrected chi connectivity index (χ1v) is 11.0. The van der Waals surface area contributed by atoms with Crippen molar-refractivity contribution in [3.8, 4) is 5.75 Å². The van der Waals surface area contributed by atoms with Crippen molar-refractivity contribution < 1.29 is 14.5 Å². The zero-order valence-electron chi connectivity index (χ0n) is 16.6. The number of nitrogens with zero attached hydrogens (tertiary/aromatic N) is 2. The molecule has 164 valence electrons. The molecule has 0 heterocycles. The number of rotatable bonds is 9. The third-order valence-corrected chi connectivity index (χ3v) is 5.35. The third kappa shape index (κ3) is 7.17. The Morgan fingerprint density at radius 1 is 1.06 bits per heavy atom. The van der Waals surface area contributed by atoms with Crippen LogP contribution < -0.4 is 15.5 Å². The number of halogens is 2. The van der Waals surface area contributed by atoms with E-state index in [-0.39, 0.29) is 24.7 Å². The number of nitro groups is 1. The van der Waals surface area contributed by atoms with E-state index in [0.29, 0.717) is 10.2 Å². The molecule has 3 aromatic rings. The lowest BCUT2D eigenvalue weighted by atomic mass is 10.2. The molecule has 0 radical (unpaired) electrons. The number of benzene rings is 3. The molecule has 3 rings (SSSR count). The van der Waals surface area contributed by atoms with E-state index in [1.165, 1.54) is 18.3 Å². The molecule has 1 amide bonds. The summed E-state index contributed by atoms with van der Waals surface area (Å²) >= 11 is 6.81. The Balaban J connectivity index is 1.47. The van der Waals surface area contributed by atoms with Crippen molar-refractivity contribution in [2.45, 2.75) is 6.61 Å². The second-order valence-corrected chi connectivity index (χ2v) is 8.33. The molecule has 32 heavy (non-hydrogen) atoms. The molecule has 0 aliphatic carbocycles. The quantitative estimate of drug-likeness (QED) is 0.210. The first-order chi connectivity index (χ1) is 15.4. The second kappa shape index (κ2) is 11.4. The van der Waals surface area contributed by atoms with Gasteiger partial charge in [-0.3, -0.25) is 14.9 Å². The van der Waals surface area contributed by atoms with E-state index in [2.05, 4.69) is 47.7 Å². The van der Waals surface area contributed by atoms with Crippen LogP contribution in [0.5, 0.6) is 5.75 Å². The van der Waals surface area contributed by atoms with Gasteiger partial charge in [0, 0.05) is 22.3 Å². The van der Waals surface area contributed by atoms with Crippen molar-refractivity contribution in [2.24, 2.45) is 5.10 Å². The number of nitro benzene ring substituents is 1. The lowest BCUT2D eigenvalue weighted by Gasteiger charge is -2.09. The maximum absolute atomic E-state index is 11.9. The van der Waals surface area contributed by atoms with Crippen LogP contribution in [0.2, 0.25) is 0 Å². The first kappa shape index (κ1) is 23.4. The zero-order valence-corrected chi connectivity index (χ0v) is 19.8.